The van der Waals surface area contributed by atoms with Crippen molar-refractivity contribution in [2.75, 3.05) is 11.2 Å². The van der Waals surface area contributed by atoms with E-state index in [-0.39, 0.29) is 5.54 Å². The van der Waals surface area contributed by atoms with Gasteiger partial charge in [-0.3, -0.25) is 0 Å². The number of nitrogens with zero attached hydrogens (tertiary/aromatic N) is 2. The number of halogens is 2. The number of hydrogen-bond acceptors (Lipinski definition) is 3. The number of anilines is 1. The van der Waals surface area contributed by atoms with Gasteiger partial charge in [0, 0.05) is 5.88 Å². The van der Waals surface area contributed by atoms with Crippen LogP contribution in [0.2, 0.25) is 0 Å². The molecule has 0 aromatic carbocycles. The molecule has 78 valence electrons. The summed E-state index contributed by atoms with van der Waals surface area (Å²) in [4.78, 5) is 7.61. The van der Waals surface area contributed by atoms with Crippen LogP contribution in [0.15, 0.2) is 12.4 Å². The van der Waals surface area contributed by atoms with Gasteiger partial charge in [0.25, 0.3) is 0 Å². The van der Waals surface area contributed by atoms with Gasteiger partial charge in [0.1, 0.15) is 0 Å². The summed E-state index contributed by atoms with van der Waals surface area (Å²) in [6.07, 6.45) is 3.09. The minimum atomic E-state index is -0.445. The standard InChI is InChI=1S/C9H13ClFN3/c1-3-9(2,6-10)14-8-12-4-7(11)5-13-8/h4-5H,3,6H2,1-2H3,(H,12,13,14). The van der Waals surface area contributed by atoms with Crippen LogP contribution in [0, 0.1) is 5.82 Å². The zero-order valence-corrected chi connectivity index (χ0v) is 8.98. The lowest BCUT2D eigenvalue weighted by atomic mass is 10.0. The second-order valence-corrected chi connectivity index (χ2v) is 3.66. The predicted octanol–water partition coefficient (Wildman–Crippen LogP) is 2.44. The molecule has 0 spiro atoms. The van der Waals surface area contributed by atoms with Crippen LogP contribution in [0.4, 0.5) is 10.3 Å². The maximum atomic E-state index is 12.5. The Hall–Kier alpha value is -0.900. The maximum Gasteiger partial charge on any atom is 0.223 e. The highest BCUT2D eigenvalue weighted by atomic mass is 35.5. The second kappa shape index (κ2) is 4.55. The smallest absolute Gasteiger partial charge is 0.223 e. The van der Waals surface area contributed by atoms with Gasteiger partial charge in [-0.05, 0) is 13.3 Å². The van der Waals surface area contributed by atoms with Gasteiger partial charge < -0.3 is 5.32 Å². The Morgan fingerprint density at radius 1 is 1.50 bits per heavy atom. The zero-order chi connectivity index (χ0) is 10.6. The fourth-order valence-electron chi connectivity index (χ4n) is 0.863. The number of alkyl halides is 1. The van der Waals surface area contributed by atoms with E-state index < -0.39 is 5.82 Å². The largest absolute Gasteiger partial charge is 0.348 e. The molecule has 5 heteroatoms. The van der Waals surface area contributed by atoms with Crippen LogP contribution in [-0.4, -0.2) is 21.4 Å². The molecule has 1 rings (SSSR count). The van der Waals surface area contributed by atoms with Gasteiger partial charge in [0.15, 0.2) is 5.82 Å². The molecule has 0 saturated carbocycles. The summed E-state index contributed by atoms with van der Waals surface area (Å²) in [5.41, 5.74) is -0.251. The first-order valence-corrected chi connectivity index (χ1v) is 4.95. The Labute approximate surface area is 87.7 Å². The van der Waals surface area contributed by atoms with Gasteiger partial charge in [0.05, 0.1) is 17.9 Å². The highest BCUT2D eigenvalue weighted by Crippen LogP contribution is 2.16. The van der Waals surface area contributed by atoms with Crippen molar-refractivity contribution in [1.82, 2.24) is 9.97 Å². The molecule has 0 aliphatic carbocycles. The Balaban J connectivity index is 2.72. The molecule has 1 aromatic heterocycles. The predicted molar refractivity (Wildman–Crippen MR) is 55.0 cm³/mol. The summed E-state index contributed by atoms with van der Waals surface area (Å²) < 4.78 is 12.5. The molecule has 0 radical (unpaired) electrons. The lowest BCUT2D eigenvalue weighted by Gasteiger charge is -2.26. The van der Waals surface area contributed by atoms with Crippen LogP contribution < -0.4 is 5.32 Å². The molecule has 0 saturated heterocycles. The molecule has 1 N–H and O–H groups in total. The quantitative estimate of drug-likeness (QED) is 0.788. The lowest BCUT2D eigenvalue weighted by Crippen LogP contribution is -2.36. The van der Waals surface area contributed by atoms with E-state index in [9.17, 15) is 4.39 Å². The zero-order valence-electron chi connectivity index (χ0n) is 8.22. The number of aromatic nitrogens is 2. The molecule has 0 amide bonds. The Morgan fingerprint density at radius 3 is 2.50 bits per heavy atom. The molecule has 1 aromatic rings. The van der Waals surface area contributed by atoms with Crippen LogP contribution in [0.1, 0.15) is 20.3 Å². The van der Waals surface area contributed by atoms with Crippen molar-refractivity contribution in [3.05, 3.63) is 18.2 Å². The van der Waals surface area contributed by atoms with Crippen molar-refractivity contribution < 1.29 is 4.39 Å². The fourth-order valence-corrected chi connectivity index (χ4v) is 1.12. The summed E-state index contributed by atoms with van der Waals surface area (Å²) in [6.45, 7) is 3.98. The first-order valence-electron chi connectivity index (χ1n) is 4.41. The monoisotopic (exact) mass is 217 g/mol. The van der Waals surface area contributed by atoms with Crippen molar-refractivity contribution >= 4 is 17.5 Å². The second-order valence-electron chi connectivity index (χ2n) is 3.40. The Bertz CT molecular complexity index is 285. The first kappa shape index (κ1) is 11.2. The van der Waals surface area contributed by atoms with Crippen LogP contribution in [0.5, 0.6) is 0 Å². The number of rotatable bonds is 4. The van der Waals surface area contributed by atoms with Gasteiger partial charge in [0.2, 0.25) is 5.95 Å². The third-order valence-corrected chi connectivity index (χ3v) is 2.70. The Kier molecular flexibility index (Phi) is 3.63. The van der Waals surface area contributed by atoms with Crippen molar-refractivity contribution in [2.24, 2.45) is 0 Å². The summed E-state index contributed by atoms with van der Waals surface area (Å²) in [5.74, 6) is 0.403. The fraction of sp³-hybridized carbons (Fsp3) is 0.556. The van der Waals surface area contributed by atoms with E-state index in [1.165, 1.54) is 0 Å². The van der Waals surface area contributed by atoms with E-state index in [0.717, 1.165) is 18.8 Å². The topological polar surface area (TPSA) is 37.8 Å². The van der Waals surface area contributed by atoms with Crippen molar-refractivity contribution in [2.45, 2.75) is 25.8 Å². The molecule has 1 atom stereocenters. The third kappa shape index (κ3) is 2.80. The minimum absolute atomic E-state index is 0.251. The number of hydrogen-bond donors (Lipinski definition) is 1. The van der Waals surface area contributed by atoms with E-state index >= 15 is 0 Å². The summed E-state index contributed by atoms with van der Waals surface area (Å²) in [6, 6.07) is 0. The van der Waals surface area contributed by atoms with E-state index in [0.29, 0.717) is 11.8 Å². The molecule has 1 unspecified atom stereocenters. The molecule has 0 aliphatic heterocycles. The van der Waals surface area contributed by atoms with E-state index in [1.807, 2.05) is 13.8 Å². The summed E-state index contributed by atoms with van der Waals surface area (Å²) in [7, 11) is 0. The van der Waals surface area contributed by atoms with Gasteiger partial charge in [-0.25, -0.2) is 14.4 Å². The van der Waals surface area contributed by atoms with Crippen LogP contribution in [0.25, 0.3) is 0 Å². The van der Waals surface area contributed by atoms with Gasteiger partial charge in [-0.1, -0.05) is 6.92 Å². The lowest BCUT2D eigenvalue weighted by molar-refractivity contribution is 0.545. The normalized spacial score (nSPS) is 14.9. The Morgan fingerprint density at radius 2 is 2.07 bits per heavy atom. The number of nitrogens with one attached hydrogen (secondary N) is 1. The maximum absolute atomic E-state index is 12.5. The van der Waals surface area contributed by atoms with E-state index in [2.05, 4.69) is 15.3 Å². The van der Waals surface area contributed by atoms with Gasteiger partial charge in [-0.15, -0.1) is 11.6 Å². The van der Waals surface area contributed by atoms with Crippen LogP contribution in [-0.2, 0) is 0 Å². The van der Waals surface area contributed by atoms with Crippen molar-refractivity contribution in [3.8, 4) is 0 Å². The molecular formula is C9H13ClFN3. The van der Waals surface area contributed by atoms with Gasteiger partial charge in [-0.2, -0.15) is 0 Å². The average molecular weight is 218 g/mol. The molecule has 0 bridgehead atoms. The average Bonchev–Trinajstić information content (AvgIpc) is 2.21. The van der Waals surface area contributed by atoms with E-state index in [1.54, 1.807) is 0 Å². The van der Waals surface area contributed by atoms with Crippen LogP contribution >= 0.6 is 11.6 Å². The molecule has 14 heavy (non-hydrogen) atoms. The first-order chi connectivity index (χ1) is 6.59. The van der Waals surface area contributed by atoms with E-state index in [4.69, 9.17) is 11.6 Å². The van der Waals surface area contributed by atoms with Crippen molar-refractivity contribution in [1.29, 1.82) is 0 Å². The summed E-state index contributed by atoms with van der Waals surface area (Å²) in [5, 5.41) is 3.06. The third-order valence-electron chi connectivity index (χ3n) is 2.11. The highest BCUT2D eigenvalue weighted by Gasteiger charge is 2.21. The molecule has 0 aliphatic rings. The van der Waals surface area contributed by atoms with Crippen molar-refractivity contribution in [3.63, 3.8) is 0 Å². The SMILES string of the molecule is CCC(C)(CCl)Nc1ncc(F)cn1. The molecule has 1 heterocycles. The molecular weight excluding hydrogens is 205 g/mol. The highest BCUT2D eigenvalue weighted by molar-refractivity contribution is 6.18. The van der Waals surface area contributed by atoms with Crippen LogP contribution in [0.3, 0.4) is 0 Å². The molecule has 0 fully saturated rings. The minimum Gasteiger partial charge on any atom is -0.348 e. The molecule has 3 nitrogen and oxygen atoms in total. The summed E-state index contributed by atoms with van der Waals surface area (Å²) >= 11 is 5.80. The van der Waals surface area contributed by atoms with Gasteiger partial charge >= 0.3 is 0 Å².